The molecule has 3 aromatic carbocycles. The van der Waals surface area contributed by atoms with Crippen LogP contribution in [0.1, 0.15) is 16.9 Å². The van der Waals surface area contributed by atoms with Gasteiger partial charge in [-0.25, -0.2) is 4.39 Å². The lowest BCUT2D eigenvalue weighted by Gasteiger charge is -2.22. The van der Waals surface area contributed by atoms with E-state index >= 15 is 0 Å². The van der Waals surface area contributed by atoms with Crippen LogP contribution in [-0.4, -0.2) is 19.2 Å². The number of nitrogens with zero attached hydrogens (tertiary/aromatic N) is 1. The number of hydrogen-bond donors (Lipinski definition) is 0. The first-order valence-electron chi connectivity index (χ1n) is 10.5. The van der Waals surface area contributed by atoms with Gasteiger partial charge in [-0.3, -0.25) is 4.79 Å². The van der Waals surface area contributed by atoms with Crippen LogP contribution in [-0.2, 0) is 34.4 Å². The Morgan fingerprint density at radius 3 is 2.18 bits per heavy atom. The van der Waals surface area contributed by atoms with Gasteiger partial charge in [0.05, 0.1) is 19.2 Å². The van der Waals surface area contributed by atoms with E-state index in [0.29, 0.717) is 18.8 Å². The largest absolute Gasteiger partial charge is 0.467 e. The summed E-state index contributed by atoms with van der Waals surface area (Å²) >= 11 is 0. The summed E-state index contributed by atoms with van der Waals surface area (Å²) in [7, 11) is -4.09. The molecule has 0 N–H and O–H groups in total. The normalized spacial score (nSPS) is 11.2. The molecule has 0 spiro atoms. The van der Waals surface area contributed by atoms with Crippen molar-refractivity contribution in [2.75, 3.05) is 0 Å². The third kappa shape index (κ3) is 6.11. The van der Waals surface area contributed by atoms with E-state index in [-0.39, 0.29) is 23.0 Å². The van der Waals surface area contributed by atoms with E-state index in [4.69, 9.17) is 8.60 Å². The van der Waals surface area contributed by atoms with E-state index in [2.05, 4.69) is 0 Å². The smallest absolute Gasteiger partial charge is 0.339 e. The van der Waals surface area contributed by atoms with Crippen molar-refractivity contribution in [1.82, 2.24) is 4.90 Å². The minimum absolute atomic E-state index is 0.0678. The molecular formula is C26H22FNO5S. The molecule has 0 unspecified atom stereocenters. The minimum Gasteiger partial charge on any atom is -0.467 e. The summed E-state index contributed by atoms with van der Waals surface area (Å²) < 4.78 is 48.5. The van der Waals surface area contributed by atoms with Crippen molar-refractivity contribution in [1.29, 1.82) is 0 Å². The Morgan fingerprint density at radius 2 is 1.53 bits per heavy atom. The first-order valence-corrected chi connectivity index (χ1v) is 11.9. The van der Waals surface area contributed by atoms with Gasteiger partial charge in [0.15, 0.2) is 0 Å². The number of amides is 1. The van der Waals surface area contributed by atoms with Crippen LogP contribution >= 0.6 is 0 Å². The quantitative estimate of drug-likeness (QED) is 0.317. The lowest BCUT2D eigenvalue weighted by atomic mass is 10.1. The summed E-state index contributed by atoms with van der Waals surface area (Å²) in [6, 6.07) is 23.9. The Morgan fingerprint density at radius 1 is 0.824 bits per heavy atom. The Kier molecular flexibility index (Phi) is 7.08. The lowest BCUT2D eigenvalue weighted by molar-refractivity contribution is -0.132. The molecule has 0 aliphatic heterocycles. The molecule has 0 saturated heterocycles. The number of carbonyl (C=O) groups excluding carboxylic acids is 1. The average molecular weight is 480 g/mol. The second-order valence-corrected chi connectivity index (χ2v) is 9.17. The Bertz CT molecular complexity index is 1320. The number of halogens is 1. The second-order valence-electron chi connectivity index (χ2n) is 7.63. The molecule has 34 heavy (non-hydrogen) atoms. The van der Waals surface area contributed by atoms with Crippen molar-refractivity contribution < 1.29 is 26.2 Å². The molecule has 0 saturated carbocycles. The van der Waals surface area contributed by atoms with Gasteiger partial charge in [0.1, 0.15) is 22.2 Å². The van der Waals surface area contributed by atoms with Crippen LogP contribution in [0.3, 0.4) is 0 Å². The van der Waals surface area contributed by atoms with Crippen molar-refractivity contribution in [3.63, 3.8) is 0 Å². The summed E-state index contributed by atoms with van der Waals surface area (Å²) in [6.07, 6.45) is 1.81. The monoisotopic (exact) mass is 479 g/mol. The predicted octanol–water partition coefficient (Wildman–Crippen LogP) is 4.96. The highest BCUT2D eigenvalue weighted by Crippen LogP contribution is 2.21. The second kappa shape index (κ2) is 10.4. The number of hydrogen-bond acceptors (Lipinski definition) is 5. The molecule has 6 nitrogen and oxygen atoms in total. The zero-order valence-electron chi connectivity index (χ0n) is 18.1. The first kappa shape index (κ1) is 23.3. The molecule has 0 radical (unpaired) electrons. The van der Waals surface area contributed by atoms with Crippen LogP contribution in [0.2, 0.25) is 0 Å². The Hall–Kier alpha value is -3.91. The first-order chi connectivity index (χ1) is 16.4. The number of rotatable bonds is 9. The van der Waals surface area contributed by atoms with Gasteiger partial charge in [-0.15, -0.1) is 0 Å². The average Bonchev–Trinajstić information content (AvgIpc) is 3.34. The van der Waals surface area contributed by atoms with E-state index in [1.165, 1.54) is 12.1 Å². The van der Waals surface area contributed by atoms with Gasteiger partial charge in [-0.1, -0.05) is 42.5 Å². The SMILES string of the molecule is O=C(Cc1ccccc1)N(Cc1ccc(OS(=O)(=O)c2ccc(F)cc2)cc1)Cc1ccco1. The third-order valence-electron chi connectivity index (χ3n) is 5.08. The van der Waals surface area contributed by atoms with Crippen LogP contribution in [0.25, 0.3) is 0 Å². The highest BCUT2D eigenvalue weighted by Gasteiger charge is 2.19. The highest BCUT2D eigenvalue weighted by atomic mass is 32.2. The van der Waals surface area contributed by atoms with Gasteiger partial charge in [0, 0.05) is 6.54 Å². The fourth-order valence-corrected chi connectivity index (χ4v) is 4.28. The van der Waals surface area contributed by atoms with E-state index < -0.39 is 15.9 Å². The van der Waals surface area contributed by atoms with Gasteiger partial charge in [-0.2, -0.15) is 8.42 Å². The summed E-state index contributed by atoms with van der Waals surface area (Å²) in [5.41, 5.74) is 1.70. The summed E-state index contributed by atoms with van der Waals surface area (Å²) in [5, 5.41) is 0. The predicted molar refractivity (Wildman–Crippen MR) is 124 cm³/mol. The van der Waals surface area contributed by atoms with Crippen molar-refractivity contribution in [2.45, 2.75) is 24.4 Å². The standard InChI is InChI=1S/C26H22FNO5S/c27-22-10-14-25(15-11-22)34(30,31)33-23-12-8-21(9-13-23)18-28(19-24-7-4-16-32-24)26(29)17-20-5-2-1-3-6-20/h1-16H,17-19H2. The number of furan rings is 1. The molecular weight excluding hydrogens is 457 g/mol. The molecule has 1 amide bonds. The van der Waals surface area contributed by atoms with Crippen molar-refractivity contribution in [3.05, 3.63) is 120 Å². The van der Waals surface area contributed by atoms with Crippen LogP contribution in [0.4, 0.5) is 4.39 Å². The fourth-order valence-electron chi connectivity index (χ4n) is 3.35. The molecule has 0 atom stereocenters. The maximum Gasteiger partial charge on any atom is 0.339 e. The molecule has 174 valence electrons. The van der Waals surface area contributed by atoms with E-state index in [1.54, 1.807) is 35.4 Å². The molecule has 0 aliphatic rings. The topological polar surface area (TPSA) is 76.8 Å². The summed E-state index contributed by atoms with van der Waals surface area (Å²) in [5.74, 6) is 0.166. The summed E-state index contributed by atoms with van der Waals surface area (Å²) in [4.78, 5) is 14.6. The zero-order chi connectivity index (χ0) is 24.0. The number of carbonyl (C=O) groups is 1. The molecule has 1 heterocycles. The molecule has 4 aromatic rings. The zero-order valence-corrected chi connectivity index (χ0v) is 19.0. The molecule has 0 bridgehead atoms. The van der Waals surface area contributed by atoms with Gasteiger partial charge in [0.25, 0.3) is 0 Å². The highest BCUT2D eigenvalue weighted by molar-refractivity contribution is 7.87. The van der Waals surface area contributed by atoms with Crippen LogP contribution < -0.4 is 4.18 Å². The molecule has 4 rings (SSSR count). The van der Waals surface area contributed by atoms with Gasteiger partial charge in [-0.05, 0) is 59.7 Å². The van der Waals surface area contributed by atoms with Crippen molar-refractivity contribution in [2.24, 2.45) is 0 Å². The Labute approximate surface area is 197 Å². The lowest BCUT2D eigenvalue weighted by Crippen LogP contribution is -2.31. The van der Waals surface area contributed by atoms with Gasteiger partial charge >= 0.3 is 10.1 Å². The minimum atomic E-state index is -4.09. The van der Waals surface area contributed by atoms with Gasteiger partial charge < -0.3 is 13.5 Å². The molecule has 8 heteroatoms. The van der Waals surface area contributed by atoms with Crippen LogP contribution in [0.15, 0.2) is 107 Å². The van der Waals surface area contributed by atoms with Crippen molar-refractivity contribution in [3.8, 4) is 5.75 Å². The van der Waals surface area contributed by atoms with E-state index in [0.717, 1.165) is 35.4 Å². The van der Waals surface area contributed by atoms with Crippen molar-refractivity contribution >= 4 is 16.0 Å². The maximum atomic E-state index is 13.1. The Balaban J connectivity index is 1.46. The third-order valence-corrected chi connectivity index (χ3v) is 6.34. The summed E-state index contributed by atoms with van der Waals surface area (Å²) in [6.45, 7) is 0.604. The molecule has 1 aromatic heterocycles. The molecule has 0 aliphatic carbocycles. The van der Waals surface area contributed by atoms with E-state index in [9.17, 15) is 17.6 Å². The fraction of sp³-hybridized carbons (Fsp3) is 0.115. The van der Waals surface area contributed by atoms with Crippen LogP contribution in [0.5, 0.6) is 5.75 Å². The maximum absolute atomic E-state index is 13.1. The van der Waals surface area contributed by atoms with E-state index in [1.807, 2.05) is 30.3 Å². The molecule has 0 fully saturated rings. The van der Waals surface area contributed by atoms with Gasteiger partial charge in [0.2, 0.25) is 5.91 Å². The van der Waals surface area contributed by atoms with Crippen LogP contribution in [0, 0.1) is 5.82 Å². The number of benzene rings is 3.